The van der Waals surface area contributed by atoms with E-state index in [1.165, 1.54) is 12.4 Å². The number of rotatable bonds is 2. The maximum atomic E-state index is 13.5. The SMILES string of the molecule is NCc1nccnc1-c1cc(F)ccc1F. The zero-order chi connectivity index (χ0) is 11.5. The third-order valence-electron chi connectivity index (χ3n) is 2.15. The molecule has 0 spiro atoms. The van der Waals surface area contributed by atoms with Gasteiger partial charge in [0.25, 0.3) is 0 Å². The second-order valence-corrected chi connectivity index (χ2v) is 3.18. The standard InChI is InChI=1S/C11H9F2N3/c12-7-1-2-9(13)8(5-7)11-10(6-14)15-3-4-16-11/h1-5H,6,14H2. The lowest BCUT2D eigenvalue weighted by Crippen LogP contribution is -2.04. The van der Waals surface area contributed by atoms with Crippen molar-refractivity contribution in [1.29, 1.82) is 0 Å². The summed E-state index contributed by atoms with van der Waals surface area (Å²) in [5, 5.41) is 0. The van der Waals surface area contributed by atoms with Gasteiger partial charge in [0.05, 0.1) is 11.4 Å². The molecule has 0 atom stereocenters. The molecule has 0 saturated carbocycles. The van der Waals surface area contributed by atoms with Crippen molar-refractivity contribution in [2.75, 3.05) is 0 Å². The van der Waals surface area contributed by atoms with Crippen LogP contribution in [-0.4, -0.2) is 9.97 Å². The van der Waals surface area contributed by atoms with Crippen LogP contribution in [-0.2, 0) is 6.54 Å². The van der Waals surface area contributed by atoms with Gasteiger partial charge >= 0.3 is 0 Å². The van der Waals surface area contributed by atoms with E-state index >= 15 is 0 Å². The second kappa shape index (κ2) is 4.32. The van der Waals surface area contributed by atoms with Crippen LogP contribution < -0.4 is 5.73 Å². The summed E-state index contributed by atoms with van der Waals surface area (Å²) in [7, 11) is 0. The van der Waals surface area contributed by atoms with Crippen LogP contribution >= 0.6 is 0 Å². The number of halogens is 2. The topological polar surface area (TPSA) is 51.8 Å². The molecule has 0 amide bonds. The van der Waals surface area contributed by atoms with Gasteiger partial charge in [-0.2, -0.15) is 0 Å². The normalized spacial score (nSPS) is 10.4. The van der Waals surface area contributed by atoms with E-state index in [0.717, 1.165) is 18.2 Å². The van der Waals surface area contributed by atoms with Gasteiger partial charge in [0, 0.05) is 24.5 Å². The summed E-state index contributed by atoms with van der Waals surface area (Å²) in [5.74, 6) is -1.07. The highest BCUT2D eigenvalue weighted by Gasteiger charge is 2.12. The average molecular weight is 221 g/mol. The van der Waals surface area contributed by atoms with Crippen molar-refractivity contribution in [3.8, 4) is 11.3 Å². The Kier molecular flexibility index (Phi) is 2.87. The molecule has 1 aromatic heterocycles. The van der Waals surface area contributed by atoms with Crippen LogP contribution in [0.4, 0.5) is 8.78 Å². The lowest BCUT2D eigenvalue weighted by atomic mass is 10.1. The second-order valence-electron chi connectivity index (χ2n) is 3.18. The molecule has 0 radical (unpaired) electrons. The summed E-state index contributed by atoms with van der Waals surface area (Å²) in [4.78, 5) is 7.94. The first-order chi connectivity index (χ1) is 7.72. The van der Waals surface area contributed by atoms with E-state index in [-0.39, 0.29) is 17.8 Å². The molecular weight excluding hydrogens is 212 g/mol. The van der Waals surface area contributed by atoms with Crippen LogP contribution in [0.5, 0.6) is 0 Å². The van der Waals surface area contributed by atoms with E-state index in [1.54, 1.807) is 0 Å². The predicted molar refractivity (Wildman–Crippen MR) is 55.3 cm³/mol. The Balaban J connectivity index is 2.62. The highest BCUT2D eigenvalue weighted by Crippen LogP contribution is 2.23. The lowest BCUT2D eigenvalue weighted by Gasteiger charge is -2.06. The molecule has 0 bridgehead atoms. The van der Waals surface area contributed by atoms with E-state index in [1.807, 2.05) is 0 Å². The van der Waals surface area contributed by atoms with Crippen molar-refractivity contribution < 1.29 is 8.78 Å². The minimum absolute atomic E-state index is 0.0774. The molecule has 2 aromatic rings. The van der Waals surface area contributed by atoms with Gasteiger partial charge in [-0.05, 0) is 18.2 Å². The van der Waals surface area contributed by atoms with E-state index in [2.05, 4.69) is 9.97 Å². The summed E-state index contributed by atoms with van der Waals surface area (Å²) in [6, 6.07) is 3.19. The monoisotopic (exact) mass is 221 g/mol. The maximum absolute atomic E-state index is 13.5. The zero-order valence-electron chi connectivity index (χ0n) is 8.32. The highest BCUT2D eigenvalue weighted by molar-refractivity contribution is 5.62. The molecule has 0 fully saturated rings. The van der Waals surface area contributed by atoms with E-state index in [4.69, 9.17) is 5.73 Å². The number of benzene rings is 1. The minimum Gasteiger partial charge on any atom is -0.325 e. The van der Waals surface area contributed by atoms with E-state index in [9.17, 15) is 8.78 Å². The first-order valence-electron chi connectivity index (χ1n) is 4.67. The number of aromatic nitrogens is 2. The Bertz CT molecular complexity index is 514. The van der Waals surface area contributed by atoms with Gasteiger partial charge in [0.15, 0.2) is 0 Å². The lowest BCUT2D eigenvalue weighted by molar-refractivity contribution is 0.602. The Labute approximate surface area is 91.0 Å². The predicted octanol–water partition coefficient (Wildman–Crippen LogP) is 1.88. The summed E-state index contributed by atoms with van der Waals surface area (Å²) in [5.41, 5.74) is 6.25. The van der Waals surface area contributed by atoms with Gasteiger partial charge in [-0.25, -0.2) is 8.78 Å². The fourth-order valence-corrected chi connectivity index (χ4v) is 1.42. The van der Waals surface area contributed by atoms with Gasteiger partial charge in [0.1, 0.15) is 11.6 Å². The molecule has 2 N–H and O–H groups in total. The van der Waals surface area contributed by atoms with Crippen molar-refractivity contribution in [1.82, 2.24) is 9.97 Å². The van der Waals surface area contributed by atoms with Crippen LogP contribution in [0.1, 0.15) is 5.69 Å². The fraction of sp³-hybridized carbons (Fsp3) is 0.0909. The number of hydrogen-bond acceptors (Lipinski definition) is 3. The molecule has 0 aliphatic carbocycles. The smallest absolute Gasteiger partial charge is 0.132 e. The summed E-state index contributed by atoms with van der Waals surface area (Å²) in [6.07, 6.45) is 2.88. The maximum Gasteiger partial charge on any atom is 0.132 e. The average Bonchev–Trinajstić information content (AvgIpc) is 2.32. The number of nitrogens with two attached hydrogens (primary N) is 1. The van der Waals surface area contributed by atoms with Gasteiger partial charge in [-0.15, -0.1) is 0 Å². The van der Waals surface area contributed by atoms with Gasteiger partial charge in [-0.1, -0.05) is 0 Å². The molecule has 1 heterocycles. The summed E-state index contributed by atoms with van der Waals surface area (Å²) >= 11 is 0. The van der Waals surface area contributed by atoms with Crippen molar-refractivity contribution in [2.45, 2.75) is 6.54 Å². The van der Waals surface area contributed by atoms with Crippen LogP contribution in [0, 0.1) is 11.6 Å². The Morgan fingerprint density at radius 2 is 1.88 bits per heavy atom. The molecule has 16 heavy (non-hydrogen) atoms. The van der Waals surface area contributed by atoms with E-state index in [0.29, 0.717) is 5.69 Å². The van der Waals surface area contributed by atoms with Gasteiger partial charge < -0.3 is 5.73 Å². The molecule has 0 aliphatic rings. The Hall–Kier alpha value is -1.88. The minimum atomic E-state index is -0.545. The van der Waals surface area contributed by atoms with Crippen LogP contribution in [0.15, 0.2) is 30.6 Å². The molecule has 2 rings (SSSR count). The molecule has 1 aromatic carbocycles. The first kappa shape index (κ1) is 10.6. The van der Waals surface area contributed by atoms with Crippen molar-refractivity contribution >= 4 is 0 Å². The third-order valence-corrected chi connectivity index (χ3v) is 2.15. The third kappa shape index (κ3) is 1.90. The van der Waals surface area contributed by atoms with Crippen LogP contribution in [0.2, 0.25) is 0 Å². The Morgan fingerprint density at radius 1 is 1.12 bits per heavy atom. The summed E-state index contributed by atoms with van der Waals surface area (Å²) in [6.45, 7) is 0.124. The molecule has 82 valence electrons. The molecule has 3 nitrogen and oxygen atoms in total. The van der Waals surface area contributed by atoms with Crippen molar-refractivity contribution in [2.24, 2.45) is 5.73 Å². The van der Waals surface area contributed by atoms with Crippen LogP contribution in [0.25, 0.3) is 11.3 Å². The van der Waals surface area contributed by atoms with Crippen molar-refractivity contribution in [3.05, 3.63) is 47.9 Å². The highest BCUT2D eigenvalue weighted by atomic mass is 19.1. The zero-order valence-corrected chi connectivity index (χ0v) is 8.32. The number of hydrogen-bond donors (Lipinski definition) is 1. The summed E-state index contributed by atoms with van der Waals surface area (Å²) < 4.78 is 26.5. The number of nitrogens with zero attached hydrogens (tertiary/aromatic N) is 2. The van der Waals surface area contributed by atoms with Crippen molar-refractivity contribution in [3.63, 3.8) is 0 Å². The van der Waals surface area contributed by atoms with Gasteiger partial charge in [0.2, 0.25) is 0 Å². The molecule has 5 heteroatoms. The Morgan fingerprint density at radius 3 is 2.62 bits per heavy atom. The van der Waals surface area contributed by atoms with Crippen LogP contribution in [0.3, 0.4) is 0 Å². The fourth-order valence-electron chi connectivity index (χ4n) is 1.42. The van der Waals surface area contributed by atoms with E-state index < -0.39 is 11.6 Å². The quantitative estimate of drug-likeness (QED) is 0.842. The molecule has 0 unspecified atom stereocenters. The molecule has 0 aliphatic heterocycles. The molecular formula is C11H9F2N3. The van der Waals surface area contributed by atoms with Gasteiger partial charge in [-0.3, -0.25) is 9.97 Å². The first-order valence-corrected chi connectivity index (χ1v) is 4.67. The molecule has 0 saturated heterocycles. The largest absolute Gasteiger partial charge is 0.325 e.